The van der Waals surface area contributed by atoms with Crippen molar-refractivity contribution in [3.63, 3.8) is 0 Å². The van der Waals surface area contributed by atoms with Gasteiger partial charge in [-0.2, -0.15) is 0 Å². The third-order valence-electron chi connectivity index (χ3n) is 2.79. The fraction of sp³-hybridized carbons (Fsp3) is 0.300. The van der Waals surface area contributed by atoms with Gasteiger partial charge >= 0.3 is 0 Å². The van der Waals surface area contributed by atoms with Gasteiger partial charge in [0.2, 0.25) is 0 Å². The van der Waals surface area contributed by atoms with Crippen LogP contribution in [0.4, 0.5) is 0 Å². The van der Waals surface area contributed by atoms with E-state index in [1.807, 2.05) is 0 Å². The van der Waals surface area contributed by atoms with Crippen LogP contribution >= 0.6 is 0 Å². The van der Waals surface area contributed by atoms with Crippen LogP contribution in [0.15, 0.2) is 22.6 Å². The van der Waals surface area contributed by atoms with Gasteiger partial charge in [0.05, 0.1) is 5.70 Å². The van der Waals surface area contributed by atoms with E-state index in [9.17, 15) is 19.8 Å². The van der Waals surface area contributed by atoms with Gasteiger partial charge in [-0.1, -0.05) is 0 Å². The van der Waals surface area contributed by atoms with Crippen LogP contribution in [0.25, 0.3) is 0 Å². The molecule has 0 spiro atoms. The molecule has 3 N–H and O–H groups in total. The van der Waals surface area contributed by atoms with E-state index in [0.717, 1.165) is 12.3 Å². The van der Waals surface area contributed by atoms with Crippen molar-refractivity contribution in [3.05, 3.63) is 23.6 Å². The molecular weight excluding hydrogens is 244 g/mol. The molecule has 18 heavy (non-hydrogen) atoms. The second kappa shape index (κ2) is 3.65. The van der Waals surface area contributed by atoms with Gasteiger partial charge in [-0.15, -0.1) is 0 Å². The highest BCUT2D eigenvalue weighted by Gasteiger charge is 2.53. The minimum absolute atomic E-state index is 0.0318. The van der Waals surface area contributed by atoms with Crippen LogP contribution in [0.1, 0.15) is 10.4 Å². The van der Waals surface area contributed by atoms with E-state index in [1.54, 1.807) is 0 Å². The molecule has 2 aliphatic rings. The summed E-state index contributed by atoms with van der Waals surface area (Å²) >= 11 is 0. The van der Waals surface area contributed by atoms with Crippen molar-refractivity contribution in [2.24, 2.45) is 0 Å². The Balaban J connectivity index is 1.79. The Labute approximate surface area is 99.8 Å². The second-order valence-electron chi connectivity index (χ2n) is 3.97. The molecule has 8 nitrogen and oxygen atoms in total. The first-order valence-electron chi connectivity index (χ1n) is 5.11. The Morgan fingerprint density at radius 2 is 2.28 bits per heavy atom. The van der Waals surface area contributed by atoms with Gasteiger partial charge in [-0.05, 0) is 5.16 Å². The number of ketones is 1. The Morgan fingerprint density at radius 1 is 1.50 bits per heavy atom. The summed E-state index contributed by atoms with van der Waals surface area (Å²) in [5.74, 6) is -1.61. The van der Waals surface area contributed by atoms with Crippen LogP contribution in [0.3, 0.4) is 0 Å². The first-order valence-corrected chi connectivity index (χ1v) is 5.11. The SMILES string of the molecule is O=C(NC1=CC(=O)C2OC2C1O)c1conc1O. The number of aromatic hydroxyl groups is 1. The monoisotopic (exact) mass is 252 g/mol. The normalized spacial score (nSPS) is 29.5. The summed E-state index contributed by atoms with van der Waals surface area (Å²) in [5, 5.41) is 24.4. The van der Waals surface area contributed by atoms with E-state index in [4.69, 9.17) is 4.74 Å². The summed E-state index contributed by atoms with van der Waals surface area (Å²) in [6.07, 6.45) is -0.211. The number of fused-ring (bicyclic) bond motifs is 1. The fourth-order valence-corrected chi connectivity index (χ4v) is 1.79. The van der Waals surface area contributed by atoms with Crippen LogP contribution in [0.5, 0.6) is 5.88 Å². The molecule has 0 radical (unpaired) electrons. The molecule has 3 atom stereocenters. The molecule has 3 rings (SSSR count). The molecule has 1 aromatic rings. The van der Waals surface area contributed by atoms with E-state index in [1.165, 1.54) is 0 Å². The van der Waals surface area contributed by atoms with Crippen molar-refractivity contribution in [2.75, 3.05) is 0 Å². The number of carbonyl (C=O) groups is 2. The standard InChI is InChI=1S/C10H8N2O6/c13-5-1-4(6(14)8-7(5)18-8)11-9(15)3-2-17-12-10(3)16/h1-2,6-8,14H,(H,11,15)(H,12,16). The number of aliphatic hydroxyl groups is 1. The van der Waals surface area contributed by atoms with Crippen LogP contribution in [-0.4, -0.2) is 45.4 Å². The highest BCUT2D eigenvalue weighted by molar-refractivity contribution is 6.01. The summed E-state index contributed by atoms with van der Waals surface area (Å²) < 4.78 is 9.34. The molecular formula is C10H8N2O6. The largest absolute Gasteiger partial charge is 0.491 e. The molecule has 3 unspecified atom stereocenters. The lowest BCUT2D eigenvalue weighted by atomic mass is 10.0. The number of nitrogens with zero attached hydrogens (tertiary/aromatic N) is 1. The van der Waals surface area contributed by atoms with Crippen molar-refractivity contribution in [2.45, 2.75) is 18.3 Å². The van der Waals surface area contributed by atoms with Crippen molar-refractivity contribution in [1.82, 2.24) is 10.5 Å². The zero-order chi connectivity index (χ0) is 12.9. The van der Waals surface area contributed by atoms with Gasteiger partial charge in [0.25, 0.3) is 11.8 Å². The molecule has 8 heteroatoms. The maximum atomic E-state index is 11.7. The lowest BCUT2D eigenvalue weighted by molar-refractivity contribution is -0.116. The third-order valence-corrected chi connectivity index (χ3v) is 2.79. The minimum atomic E-state index is -1.07. The Kier molecular flexibility index (Phi) is 2.22. The average Bonchev–Trinajstić information content (AvgIpc) is 3.03. The number of aromatic nitrogens is 1. The van der Waals surface area contributed by atoms with Crippen LogP contribution in [-0.2, 0) is 9.53 Å². The topological polar surface area (TPSA) is 125 Å². The quantitative estimate of drug-likeness (QED) is 0.559. The number of carbonyl (C=O) groups excluding carboxylic acids is 2. The smallest absolute Gasteiger partial charge is 0.264 e. The number of hydrogen-bond donors (Lipinski definition) is 3. The van der Waals surface area contributed by atoms with Gasteiger partial charge in [-0.25, -0.2) is 0 Å². The second-order valence-corrected chi connectivity index (χ2v) is 3.97. The van der Waals surface area contributed by atoms with Crippen molar-refractivity contribution >= 4 is 11.7 Å². The number of amides is 1. The maximum Gasteiger partial charge on any atom is 0.264 e. The third kappa shape index (κ3) is 1.59. The number of rotatable bonds is 2. The van der Waals surface area contributed by atoms with Crippen LogP contribution in [0, 0.1) is 0 Å². The lowest BCUT2D eigenvalue weighted by Gasteiger charge is -2.16. The highest BCUT2D eigenvalue weighted by Crippen LogP contribution is 2.33. The van der Waals surface area contributed by atoms with Crippen molar-refractivity contribution < 1.29 is 29.1 Å². The zero-order valence-corrected chi connectivity index (χ0v) is 8.86. The summed E-state index contributed by atoms with van der Waals surface area (Å²) in [6, 6.07) is 0. The van der Waals surface area contributed by atoms with E-state index < -0.39 is 30.1 Å². The number of aliphatic hydroxyl groups excluding tert-OH is 1. The summed E-state index contributed by atoms with van der Waals surface area (Å²) in [5.41, 5.74) is -0.154. The number of nitrogens with one attached hydrogen (secondary N) is 1. The van der Waals surface area contributed by atoms with E-state index in [0.29, 0.717) is 0 Å². The molecule has 1 aromatic heterocycles. The predicted molar refractivity (Wildman–Crippen MR) is 53.4 cm³/mol. The molecule has 0 aromatic carbocycles. The Morgan fingerprint density at radius 3 is 2.94 bits per heavy atom. The summed E-state index contributed by atoms with van der Waals surface area (Å²) in [4.78, 5) is 23.1. The average molecular weight is 252 g/mol. The van der Waals surface area contributed by atoms with Crippen LogP contribution < -0.4 is 5.32 Å². The van der Waals surface area contributed by atoms with E-state index >= 15 is 0 Å². The molecule has 0 bridgehead atoms. The van der Waals surface area contributed by atoms with Crippen molar-refractivity contribution in [3.8, 4) is 5.88 Å². The van der Waals surface area contributed by atoms with Crippen molar-refractivity contribution in [1.29, 1.82) is 0 Å². The molecule has 1 saturated heterocycles. The van der Waals surface area contributed by atoms with Gasteiger partial charge in [0.15, 0.2) is 5.78 Å². The Bertz CT molecular complexity index is 562. The van der Waals surface area contributed by atoms with Gasteiger partial charge in [0.1, 0.15) is 30.1 Å². The molecule has 2 heterocycles. The fourth-order valence-electron chi connectivity index (χ4n) is 1.79. The Hall–Kier alpha value is -2.19. The number of epoxide rings is 1. The first-order chi connectivity index (χ1) is 8.58. The highest BCUT2D eigenvalue weighted by atomic mass is 16.6. The molecule has 1 aliphatic heterocycles. The van der Waals surface area contributed by atoms with Gasteiger partial charge in [-0.3, -0.25) is 9.59 Å². The lowest BCUT2D eigenvalue weighted by Crippen LogP contribution is -2.37. The molecule has 1 aliphatic carbocycles. The molecule has 0 saturated carbocycles. The molecule has 1 fully saturated rings. The number of ether oxygens (including phenoxy) is 1. The molecule has 1 amide bonds. The summed E-state index contributed by atoms with van der Waals surface area (Å²) in [6.45, 7) is 0. The van der Waals surface area contributed by atoms with Crippen LogP contribution in [0.2, 0.25) is 0 Å². The summed E-state index contributed by atoms with van der Waals surface area (Å²) in [7, 11) is 0. The predicted octanol–water partition coefficient (Wildman–Crippen LogP) is -1.30. The van der Waals surface area contributed by atoms with Gasteiger partial charge in [0, 0.05) is 6.08 Å². The van der Waals surface area contributed by atoms with E-state index in [-0.39, 0.29) is 17.0 Å². The minimum Gasteiger partial charge on any atom is -0.491 e. The van der Waals surface area contributed by atoms with E-state index in [2.05, 4.69) is 15.0 Å². The molecule has 94 valence electrons. The first kappa shape index (κ1) is 10.9. The maximum absolute atomic E-state index is 11.7. The zero-order valence-electron chi connectivity index (χ0n) is 8.86. The van der Waals surface area contributed by atoms with Gasteiger partial charge < -0.3 is 24.8 Å². The number of hydrogen-bond acceptors (Lipinski definition) is 7.